The number of hydrogen-bond donors (Lipinski definition) is 0. The van der Waals surface area contributed by atoms with Gasteiger partial charge in [0, 0.05) is 30.8 Å². The number of hydrogen-bond acceptors (Lipinski definition) is 5. The second-order valence-electron chi connectivity index (χ2n) is 8.30. The number of nitrogens with zero attached hydrogens (tertiary/aromatic N) is 4. The smallest absolute Gasteiger partial charge is 0.269 e. The number of ether oxygens (including phenoxy) is 1. The lowest BCUT2D eigenvalue weighted by Gasteiger charge is -2.14. The molecule has 0 saturated heterocycles. The summed E-state index contributed by atoms with van der Waals surface area (Å²) in [6.07, 6.45) is 3.54. The van der Waals surface area contributed by atoms with Gasteiger partial charge in [0.1, 0.15) is 11.4 Å². The first-order valence-corrected chi connectivity index (χ1v) is 11.4. The Hall–Kier alpha value is -2.68. The number of alkyl halides is 2. The summed E-state index contributed by atoms with van der Waals surface area (Å²) in [6.45, 7) is 5.45. The molecule has 1 fully saturated rings. The third-order valence-electron chi connectivity index (χ3n) is 5.62. The lowest BCUT2D eigenvalue weighted by atomic mass is 10.1. The zero-order chi connectivity index (χ0) is 24.2. The summed E-state index contributed by atoms with van der Waals surface area (Å²) in [6, 6.07) is 4.84. The molecule has 0 bridgehead atoms. The van der Waals surface area contributed by atoms with Crippen molar-refractivity contribution in [2.24, 2.45) is 5.92 Å². The van der Waals surface area contributed by atoms with E-state index in [2.05, 4.69) is 21.7 Å². The zero-order valence-corrected chi connectivity index (χ0v) is 20.1. The van der Waals surface area contributed by atoms with Crippen molar-refractivity contribution in [3.8, 4) is 28.7 Å². The fraction of sp³-hybridized carbons (Fsp3) is 0.261. The molecule has 1 aromatic carbocycles. The normalized spacial score (nSPS) is 17.6. The van der Waals surface area contributed by atoms with Gasteiger partial charge in [0.15, 0.2) is 5.65 Å². The number of rotatable bonds is 5. The van der Waals surface area contributed by atoms with Gasteiger partial charge in [0.25, 0.3) is 11.8 Å². The quantitative estimate of drug-likeness (QED) is 0.256. The fourth-order valence-corrected chi connectivity index (χ4v) is 4.70. The van der Waals surface area contributed by atoms with Crippen LogP contribution in [0.25, 0.3) is 28.6 Å². The first kappa shape index (κ1) is 23.1. The molecule has 6 nitrogen and oxygen atoms in total. The predicted molar refractivity (Wildman–Crippen MR) is 126 cm³/mol. The van der Waals surface area contributed by atoms with Gasteiger partial charge in [-0.2, -0.15) is 4.98 Å². The first-order chi connectivity index (χ1) is 16.1. The van der Waals surface area contributed by atoms with Gasteiger partial charge in [0.05, 0.1) is 27.2 Å². The molecule has 0 amide bonds. The van der Waals surface area contributed by atoms with Crippen molar-refractivity contribution in [2.75, 3.05) is 6.61 Å². The average molecular weight is 526 g/mol. The Morgan fingerprint density at radius 1 is 1.15 bits per heavy atom. The molecule has 3 aromatic heterocycles. The molecule has 34 heavy (non-hydrogen) atoms. The van der Waals surface area contributed by atoms with E-state index in [1.54, 1.807) is 10.6 Å². The zero-order valence-electron chi connectivity index (χ0n) is 17.8. The largest absolute Gasteiger partial charge is 0.492 e. The Kier molecular flexibility index (Phi) is 5.78. The van der Waals surface area contributed by atoms with E-state index in [0.29, 0.717) is 21.9 Å². The highest BCUT2D eigenvalue weighted by Gasteiger charge is 2.43. The lowest BCUT2D eigenvalue weighted by Crippen LogP contribution is -2.14. The lowest BCUT2D eigenvalue weighted by molar-refractivity contribution is 0.0378. The molecule has 1 atom stereocenters. The predicted octanol–water partition coefficient (Wildman–Crippen LogP) is 7.30. The highest BCUT2D eigenvalue weighted by molar-refractivity contribution is 6.36. The second-order valence-corrected chi connectivity index (χ2v) is 9.52. The molecule has 3 heterocycles. The Morgan fingerprint density at radius 3 is 2.68 bits per heavy atom. The summed E-state index contributed by atoms with van der Waals surface area (Å²) >= 11 is 19.1. The maximum Gasteiger partial charge on any atom is 0.269 e. The van der Waals surface area contributed by atoms with Gasteiger partial charge in [-0.3, -0.25) is 0 Å². The highest BCUT2D eigenvalue weighted by atomic mass is 35.5. The number of fused-ring (bicyclic) bond motifs is 1. The Morgan fingerprint density at radius 2 is 1.94 bits per heavy atom. The molecular weight excluding hydrogens is 509 g/mol. The Bertz CT molecular complexity index is 1430. The van der Waals surface area contributed by atoms with Crippen LogP contribution in [0.2, 0.25) is 15.1 Å². The van der Waals surface area contributed by atoms with Gasteiger partial charge < -0.3 is 13.7 Å². The number of aromatic nitrogens is 4. The van der Waals surface area contributed by atoms with Gasteiger partial charge in [-0.15, -0.1) is 0 Å². The molecule has 0 aliphatic heterocycles. The minimum absolute atomic E-state index is 0.0733. The number of allylic oxidation sites excluding steroid dienone is 1. The van der Waals surface area contributed by atoms with Crippen molar-refractivity contribution < 1.29 is 18.0 Å². The van der Waals surface area contributed by atoms with Crippen molar-refractivity contribution in [3.63, 3.8) is 0 Å². The molecular formula is C23H17Cl3F2N4O2. The van der Waals surface area contributed by atoms with Crippen LogP contribution in [0.15, 0.2) is 47.3 Å². The monoisotopic (exact) mass is 524 g/mol. The van der Waals surface area contributed by atoms with Crippen molar-refractivity contribution in [3.05, 3.63) is 63.4 Å². The van der Waals surface area contributed by atoms with Gasteiger partial charge in [0.2, 0.25) is 5.82 Å². The molecule has 1 saturated carbocycles. The SMILES string of the molecule is C=C1C[C@@H](COc2cc(Cl)c(-c3nc(-c4cn5cc(C)cc(Cl)c5n4)no3)cc2Cl)CC1(F)F. The maximum absolute atomic E-state index is 13.7. The van der Waals surface area contributed by atoms with E-state index < -0.39 is 5.92 Å². The van der Waals surface area contributed by atoms with E-state index in [-0.39, 0.29) is 58.4 Å². The minimum Gasteiger partial charge on any atom is -0.492 e. The molecule has 1 aliphatic carbocycles. The van der Waals surface area contributed by atoms with E-state index in [9.17, 15) is 8.78 Å². The van der Waals surface area contributed by atoms with Gasteiger partial charge in [-0.1, -0.05) is 46.5 Å². The minimum atomic E-state index is -2.86. The number of benzene rings is 1. The summed E-state index contributed by atoms with van der Waals surface area (Å²) < 4.78 is 40.2. The summed E-state index contributed by atoms with van der Waals surface area (Å²) in [5, 5.41) is 4.99. The van der Waals surface area contributed by atoms with E-state index in [1.807, 2.05) is 19.2 Å². The maximum atomic E-state index is 13.7. The van der Waals surface area contributed by atoms with Crippen LogP contribution in [0.5, 0.6) is 5.75 Å². The number of halogens is 5. The molecule has 0 spiro atoms. The van der Waals surface area contributed by atoms with Crippen molar-refractivity contribution in [2.45, 2.75) is 25.7 Å². The number of imidazole rings is 1. The topological polar surface area (TPSA) is 65.5 Å². The van der Waals surface area contributed by atoms with Gasteiger partial charge in [-0.05, 0) is 36.6 Å². The van der Waals surface area contributed by atoms with Crippen LogP contribution >= 0.6 is 34.8 Å². The number of pyridine rings is 1. The fourth-order valence-electron chi connectivity index (χ4n) is 3.94. The molecule has 176 valence electrons. The van der Waals surface area contributed by atoms with E-state index >= 15 is 0 Å². The summed E-state index contributed by atoms with van der Waals surface area (Å²) in [7, 11) is 0. The van der Waals surface area contributed by atoms with Crippen LogP contribution < -0.4 is 4.74 Å². The van der Waals surface area contributed by atoms with E-state index in [1.165, 1.54) is 12.1 Å². The van der Waals surface area contributed by atoms with Crippen LogP contribution in [-0.4, -0.2) is 32.1 Å². The summed E-state index contributed by atoms with van der Waals surface area (Å²) in [4.78, 5) is 8.86. The average Bonchev–Trinajstić information content (AvgIpc) is 3.46. The third kappa shape index (κ3) is 4.26. The standard InChI is InChI=1S/C23H17Cl3F2N4O2/c1-11-3-17(26)21-29-18(9-32(21)8-11)20-30-22(34-31-20)14-5-16(25)19(6-15(14)24)33-10-13-4-12(2)23(27,28)7-13/h3,5-6,8-9,13H,2,4,7,10H2,1H3/t13-/m1/s1. The molecule has 5 rings (SSSR count). The molecule has 11 heteroatoms. The van der Waals surface area contributed by atoms with Crippen LogP contribution in [0.3, 0.4) is 0 Å². The van der Waals surface area contributed by atoms with Crippen LogP contribution in [0, 0.1) is 12.8 Å². The number of aryl methyl sites for hydroxylation is 1. The molecule has 4 aromatic rings. The highest BCUT2D eigenvalue weighted by Crippen LogP contribution is 2.43. The van der Waals surface area contributed by atoms with E-state index in [0.717, 1.165) is 5.56 Å². The van der Waals surface area contributed by atoms with Gasteiger partial charge in [-0.25, -0.2) is 13.8 Å². The second kappa shape index (κ2) is 8.52. The van der Waals surface area contributed by atoms with Crippen LogP contribution in [0.1, 0.15) is 18.4 Å². The molecule has 0 N–H and O–H groups in total. The van der Waals surface area contributed by atoms with Crippen LogP contribution in [-0.2, 0) is 0 Å². The summed E-state index contributed by atoms with van der Waals surface area (Å²) in [5.41, 5.74) is 2.34. The Labute approximate surface area is 208 Å². The molecule has 0 radical (unpaired) electrons. The first-order valence-electron chi connectivity index (χ1n) is 10.3. The third-order valence-corrected chi connectivity index (χ3v) is 6.51. The molecule has 1 aliphatic rings. The molecule has 0 unspecified atom stereocenters. The van der Waals surface area contributed by atoms with Crippen molar-refractivity contribution in [1.82, 2.24) is 19.5 Å². The van der Waals surface area contributed by atoms with E-state index in [4.69, 9.17) is 44.1 Å². The van der Waals surface area contributed by atoms with Crippen molar-refractivity contribution in [1.29, 1.82) is 0 Å². The Balaban J connectivity index is 1.36. The van der Waals surface area contributed by atoms with Crippen LogP contribution in [0.4, 0.5) is 8.78 Å². The van der Waals surface area contributed by atoms with Gasteiger partial charge >= 0.3 is 0 Å². The van der Waals surface area contributed by atoms with Crippen molar-refractivity contribution >= 4 is 40.4 Å². The summed E-state index contributed by atoms with van der Waals surface area (Å²) in [5.74, 6) is -2.54.